The highest BCUT2D eigenvalue weighted by molar-refractivity contribution is 6.31. The van der Waals surface area contributed by atoms with Crippen molar-refractivity contribution < 1.29 is 28.5 Å². The van der Waals surface area contributed by atoms with Crippen molar-refractivity contribution in [3.63, 3.8) is 0 Å². The topological polar surface area (TPSA) is 77.5 Å². The molecule has 314 valence electrons. The van der Waals surface area contributed by atoms with Gasteiger partial charge in [-0.05, 0) is 98.9 Å². The van der Waals surface area contributed by atoms with Crippen LogP contribution in [0, 0.1) is 0 Å². The number of halogens is 2. The standard InChI is InChI=1S/C48H62Cl2N2O6/c1-5-27-51(28-6-2)45(35-39-33-41(49)23-25-43(39)55-31-15-21-37-17-11-9-12-18-37)57-47(53)48(54)58-46(52(29-7-3)30-8-4)36-40-34-42(50)24-26-44(40)56-32-16-22-38-19-13-10-14-20-38/h9-14,17-20,23-26,33-34,45-46H,5-8,15-16,21-22,27-32,35-36H2,1-4H3. The van der Waals surface area contributed by atoms with Gasteiger partial charge >= 0.3 is 11.9 Å². The van der Waals surface area contributed by atoms with Gasteiger partial charge in [-0.15, -0.1) is 0 Å². The molecule has 0 bridgehead atoms. The van der Waals surface area contributed by atoms with Crippen molar-refractivity contribution in [3.8, 4) is 11.5 Å². The summed E-state index contributed by atoms with van der Waals surface area (Å²) < 4.78 is 24.8. The van der Waals surface area contributed by atoms with Gasteiger partial charge < -0.3 is 18.9 Å². The van der Waals surface area contributed by atoms with E-state index in [0.717, 1.165) is 62.5 Å². The smallest absolute Gasteiger partial charge is 0.419 e. The van der Waals surface area contributed by atoms with E-state index in [4.69, 9.17) is 42.1 Å². The van der Waals surface area contributed by atoms with Crippen LogP contribution in [0.2, 0.25) is 10.0 Å². The Morgan fingerprint density at radius 1 is 0.534 bits per heavy atom. The zero-order chi connectivity index (χ0) is 41.5. The summed E-state index contributed by atoms with van der Waals surface area (Å²) in [5.41, 5.74) is 4.09. The fraction of sp³-hybridized carbons (Fsp3) is 0.458. The highest BCUT2D eigenvalue weighted by atomic mass is 35.5. The van der Waals surface area contributed by atoms with E-state index in [-0.39, 0.29) is 12.8 Å². The van der Waals surface area contributed by atoms with Gasteiger partial charge in [0.1, 0.15) is 11.5 Å². The van der Waals surface area contributed by atoms with Gasteiger partial charge in [-0.3, -0.25) is 9.80 Å². The second-order valence-corrected chi connectivity index (χ2v) is 15.5. The second-order valence-electron chi connectivity index (χ2n) is 14.6. The lowest BCUT2D eigenvalue weighted by molar-refractivity contribution is -0.185. The summed E-state index contributed by atoms with van der Waals surface area (Å²) in [4.78, 5) is 31.9. The Kier molecular flexibility index (Phi) is 21.0. The molecule has 4 aromatic rings. The first kappa shape index (κ1) is 46.6. The van der Waals surface area contributed by atoms with E-state index in [1.807, 2.05) is 60.7 Å². The lowest BCUT2D eigenvalue weighted by atomic mass is 10.1. The average Bonchev–Trinajstić information content (AvgIpc) is 3.22. The first-order valence-electron chi connectivity index (χ1n) is 21.0. The van der Waals surface area contributed by atoms with Crippen molar-refractivity contribution in [3.05, 3.63) is 129 Å². The molecule has 0 aromatic heterocycles. The Morgan fingerprint density at radius 2 is 0.897 bits per heavy atom. The van der Waals surface area contributed by atoms with Gasteiger partial charge in [0, 0.05) is 60.2 Å². The minimum atomic E-state index is -1.05. The average molecular weight is 834 g/mol. The third kappa shape index (κ3) is 15.9. The van der Waals surface area contributed by atoms with E-state index >= 15 is 0 Å². The molecule has 0 aliphatic heterocycles. The SMILES string of the molecule is CCCN(CCC)C(Cc1cc(Cl)ccc1OCCCc1ccccc1)OC(=O)C(=O)OC(Cc1cc(Cl)ccc1OCCCc1ccccc1)N(CCC)CCC. The molecular formula is C48H62Cl2N2O6. The maximum absolute atomic E-state index is 13.8. The zero-order valence-corrected chi connectivity index (χ0v) is 36.3. The second kappa shape index (κ2) is 26.1. The van der Waals surface area contributed by atoms with Gasteiger partial charge in [0.2, 0.25) is 0 Å². The fourth-order valence-corrected chi connectivity index (χ4v) is 7.45. The summed E-state index contributed by atoms with van der Waals surface area (Å²) in [5, 5.41) is 1.09. The molecule has 4 aromatic carbocycles. The molecular weight excluding hydrogens is 771 g/mol. The molecule has 0 N–H and O–H groups in total. The first-order chi connectivity index (χ1) is 28.2. The Morgan fingerprint density at radius 3 is 1.24 bits per heavy atom. The predicted molar refractivity (Wildman–Crippen MR) is 235 cm³/mol. The molecule has 0 heterocycles. The molecule has 0 aliphatic rings. The third-order valence-corrected chi connectivity index (χ3v) is 10.2. The molecule has 4 rings (SSSR count). The first-order valence-corrected chi connectivity index (χ1v) is 21.8. The summed E-state index contributed by atoms with van der Waals surface area (Å²) >= 11 is 13.0. The highest BCUT2D eigenvalue weighted by Gasteiger charge is 2.32. The normalized spacial score (nSPS) is 12.3. The molecule has 0 aliphatic carbocycles. The van der Waals surface area contributed by atoms with Gasteiger partial charge in [0.05, 0.1) is 13.2 Å². The maximum Gasteiger partial charge on any atom is 0.419 e. The molecule has 10 heteroatoms. The largest absolute Gasteiger partial charge is 0.493 e. The number of nitrogens with zero attached hydrogens (tertiary/aromatic N) is 2. The number of carbonyl (C=O) groups is 2. The van der Waals surface area contributed by atoms with Crippen molar-refractivity contribution in [1.29, 1.82) is 0 Å². The molecule has 58 heavy (non-hydrogen) atoms. The van der Waals surface area contributed by atoms with Crippen LogP contribution in [-0.2, 0) is 44.7 Å². The van der Waals surface area contributed by atoms with Gasteiger partial charge in [0.15, 0.2) is 12.5 Å². The lowest BCUT2D eigenvalue weighted by Crippen LogP contribution is -2.45. The molecule has 0 radical (unpaired) electrons. The Bertz CT molecular complexity index is 1650. The van der Waals surface area contributed by atoms with Crippen molar-refractivity contribution in [1.82, 2.24) is 9.80 Å². The molecule has 0 saturated heterocycles. The Hall–Kier alpha value is -4.08. The van der Waals surface area contributed by atoms with Crippen LogP contribution in [0.1, 0.15) is 88.5 Å². The number of rotatable bonds is 26. The number of aryl methyl sites for hydroxylation is 2. The quantitative estimate of drug-likeness (QED) is 0.0268. The van der Waals surface area contributed by atoms with Crippen LogP contribution in [0.5, 0.6) is 11.5 Å². The van der Waals surface area contributed by atoms with E-state index in [1.54, 1.807) is 12.1 Å². The van der Waals surface area contributed by atoms with Crippen LogP contribution in [0.15, 0.2) is 97.1 Å². The number of hydrogen-bond donors (Lipinski definition) is 0. The highest BCUT2D eigenvalue weighted by Crippen LogP contribution is 2.28. The van der Waals surface area contributed by atoms with E-state index in [1.165, 1.54) is 11.1 Å². The van der Waals surface area contributed by atoms with Crippen LogP contribution in [0.3, 0.4) is 0 Å². The number of hydrogen-bond acceptors (Lipinski definition) is 8. The third-order valence-electron chi connectivity index (χ3n) is 9.77. The molecule has 0 spiro atoms. The predicted octanol–water partition coefficient (Wildman–Crippen LogP) is 10.8. The number of benzene rings is 4. The monoisotopic (exact) mass is 832 g/mol. The van der Waals surface area contributed by atoms with Crippen LogP contribution in [-0.4, -0.2) is 73.6 Å². The zero-order valence-electron chi connectivity index (χ0n) is 34.8. The minimum absolute atomic E-state index is 0.280. The molecule has 0 fully saturated rings. The van der Waals surface area contributed by atoms with Gasteiger partial charge in [0.25, 0.3) is 0 Å². The summed E-state index contributed by atoms with van der Waals surface area (Å²) in [6.45, 7) is 12.0. The van der Waals surface area contributed by atoms with Crippen LogP contribution >= 0.6 is 23.2 Å². The fourth-order valence-electron chi connectivity index (χ4n) is 7.06. The minimum Gasteiger partial charge on any atom is -0.493 e. The summed E-state index contributed by atoms with van der Waals surface area (Å²) in [5.74, 6) is -0.751. The summed E-state index contributed by atoms with van der Waals surface area (Å²) in [6.07, 6.45) is 5.82. The van der Waals surface area contributed by atoms with E-state index in [0.29, 0.717) is 60.9 Å². The van der Waals surface area contributed by atoms with Gasteiger partial charge in [-0.1, -0.05) is 112 Å². The maximum atomic E-state index is 13.8. The summed E-state index contributed by atoms with van der Waals surface area (Å²) in [7, 11) is 0. The number of carbonyl (C=O) groups excluding carboxylic acids is 2. The van der Waals surface area contributed by atoms with Crippen molar-refractivity contribution in [2.45, 2.75) is 104 Å². The van der Waals surface area contributed by atoms with E-state index in [9.17, 15) is 9.59 Å². The lowest BCUT2D eigenvalue weighted by Gasteiger charge is -2.33. The Labute approximate surface area is 356 Å². The number of esters is 2. The molecule has 2 atom stereocenters. The van der Waals surface area contributed by atoms with Crippen molar-refractivity contribution in [2.75, 3.05) is 39.4 Å². The molecule has 0 saturated carbocycles. The molecule has 2 unspecified atom stereocenters. The van der Waals surface area contributed by atoms with E-state index in [2.05, 4.69) is 61.8 Å². The van der Waals surface area contributed by atoms with Crippen molar-refractivity contribution >= 4 is 35.1 Å². The van der Waals surface area contributed by atoms with Crippen LogP contribution in [0.4, 0.5) is 0 Å². The van der Waals surface area contributed by atoms with Crippen LogP contribution in [0.25, 0.3) is 0 Å². The number of ether oxygens (including phenoxy) is 4. The van der Waals surface area contributed by atoms with Gasteiger partial charge in [-0.25, -0.2) is 9.59 Å². The van der Waals surface area contributed by atoms with Crippen molar-refractivity contribution in [2.24, 2.45) is 0 Å². The molecule has 0 amide bonds. The summed E-state index contributed by atoms with van der Waals surface area (Å²) in [6, 6.07) is 31.6. The van der Waals surface area contributed by atoms with Gasteiger partial charge in [-0.2, -0.15) is 0 Å². The Balaban J connectivity index is 1.51. The van der Waals surface area contributed by atoms with E-state index < -0.39 is 24.4 Å². The molecule has 8 nitrogen and oxygen atoms in total. The van der Waals surface area contributed by atoms with Crippen LogP contribution < -0.4 is 9.47 Å².